The van der Waals surface area contributed by atoms with Crippen molar-refractivity contribution in [2.24, 2.45) is 5.92 Å². The quantitative estimate of drug-likeness (QED) is 0.634. The van der Waals surface area contributed by atoms with E-state index in [1.54, 1.807) is 0 Å². The zero-order chi connectivity index (χ0) is 15.0. The Kier molecular flexibility index (Phi) is 8.32. The Morgan fingerprint density at radius 1 is 1.15 bits per heavy atom. The Morgan fingerprint density at radius 3 is 2.50 bits per heavy atom. The lowest BCUT2D eigenvalue weighted by Crippen LogP contribution is -2.24. The van der Waals surface area contributed by atoms with Crippen molar-refractivity contribution < 1.29 is 0 Å². The van der Waals surface area contributed by atoms with E-state index in [0.717, 1.165) is 12.5 Å². The van der Waals surface area contributed by atoms with Crippen LogP contribution in [0.15, 0.2) is 18.2 Å². The molecule has 0 radical (unpaired) electrons. The van der Waals surface area contributed by atoms with Crippen molar-refractivity contribution in [3.8, 4) is 0 Å². The summed E-state index contributed by atoms with van der Waals surface area (Å²) in [5.41, 5.74) is 4.23. The van der Waals surface area contributed by atoms with Gasteiger partial charge >= 0.3 is 0 Å². The fraction of sp³-hybridized carbons (Fsp3) is 0.667. The molecule has 2 heteroatoms. The normalized spacial score (nSPS) is 12.9. The fourth-order valence-electron chi connectivity index (χ4n) is 2.09. The fourth-order valence-corrected chi connectivity index (χ4v) is 3.44. The number of aryl methyl sites for hydroxylation is 2. The summed E-state index contributed by atoms with van der Waals surface area (Å²) in [4.78, 5) is 0. The van der Waals surface area contributed by atoms with E-state index in [1.165, 1.54) is 41.0 Å². The van der Waals surface area contributed by atoms with Crippen molar-refractivity contribution in [3.05, 3.63) is 34.9 Å². The number of benzene rings is 1. The van der Waals surface area contributed by atoms with E-state index in [-0.39, 0.29) is 0 Å². The van der Waals surface area contributed by atoms with Crippen LogP contribution in [0.25, 0.3) is 0 Å². The van der Waals surface area contributed by atoms with Gasteiger partial charge in [-0.1, -0.05) is 39.0 Å². The minimum atomic E-state index is 0.492. The standard InChI is InChI=1S/C18H31NS/c1-6-10-19-18(13-20-11-9-14(2)3)17-8-7-15(4)16(5)12-17/h7-8,12,14,18-19H,6,9-11,13H2,1-5H3. The molecular weight excluding hydrogens is 262 g/mol. The minimum absolute atomic E-state index is 0.492. The molecule has 0 heterocycles. The Hall–Kier alpha value is -0.470. The van der Waals surface area contributed by atoms with E-state index in [4.69, 9.17) is 0 Å². The predicted molar refractivity (Wildman–Crippen MR) is 93.7 cm³/mol. The van der Waals surface area contributed by atoms with Gasteiger partial charge in [0.05, 0.1) is 0 Å². The molecule has 1 atom stereocenters. The molecule has 0 amide bonds. The van der Waals surface area contributed by atoms with E-state index < -0.39 is 0 Å². The topological polar surface area (TPSA) is 12.0 Å². The average Bonchev–Trinajstić information content (AvgIpc) is 2.41. The lowest BCUT2D eigenvalue weighted by molar-refractivity contribution is 0.576. The van der Waals surface area contributed by atoms with Crippen LogP contribution in [-0.4, -0.2) is 18.1 Å². The molecule has 0 saturated carbocycles. The van der Waals surface area contributed by atoms with E-state index in [0.29, 0.717) is 6.04 Å². The van der Waals surface area contributed by atoms with Gasteiger partial charge in [0.2, 0.25) is 0 Å². The number of thioether (sulfide) groups is 1. The van der Waals surface area contributed by atoms with Gasteiger partial charge in [0.25, 0.3) is 0 Å². The summed E-state index contributed by atoms with van der Waals surface area (Å²) in [6.45, 7) is 12.3. The smallest absolute Gasteiger partial charge is 0.0411 e. The van der Waals surface area contributed by atoms with Crippen LogP contribution in [0.2, 0.25) is 0 Å². The summed E-state index contributed by atoms with van der Waals surface area (Å²) < 4.78 is 0. The van der Waals surface area contributed by atoms with Crippen molar-refractivity contribution in [2.75, 3.05) is 18.1 Å². The monoisotopic (exact) mass is 293 g/mol. The molecule has 0 aromatic heterocycles. The van der Waals surface area contributed by atoms with E-state index in [1.807, 2.05) is 0 Å². The molecule has 0 spiro atoms. The molecule has 0 fully saturated rings. The van der Waals surface area contributed by atoms with Crippen LogP contribution in [0.4, 0.5) is 0 Å². The zero-order valence-electron chi connectivity index (χ0n) is 13.8. The van der Waals surface area contributed by atoms with Crippen molar-refractivity contribution in [3.63, 3.8) is 0 Å². The Labute approximate surface area is 129 Å². The average molecular weight is 294 g/mol. The molecule has 1 aromatic carbocycles. The molecule has 1 nitrogen and oxygen atoms in total. The number of hydrogen-bond acceptors (Lipinski definition) is 2. The van der Waals surface area contributed by atoms with Crippen LogP contribution in [0.5, 0.6) is 0 Å². The van der Waals surface area contributed by atoms with Crippen molar-refractivity contribution in [1.29, 1.82) is 0 Å². The maximum Gasteiger partial charge on any atom is 0.0411 e. The Bertz CT molecular complexity index is 387. The molecule has 0 aliphatic heterocycles. The lowest BCUT2D eigenvalue weighted by atomic mass is 10.0. The largest absolute Gasteiger partial charge is 0.309 e. The maximum atomic E-state index is 3.70. The summed E-state index contributed by atoms with van der Waals surface area (Å²) in [6, 6.07) is 7.39. The van der Waals surface area contributed by atoms with Crippen LogP contribution in [-0.2, 0) is 0 Å². The molecule has 0 aliphatic carbocycles. The summed E-state index contributed by atoms with van der Waals surface area (Å²) >= 11 is 2.08. The molecular formula is C18H31NS. The van der Waals surface area contributed by atoms with Gasteiger partial charge in [-0.3, -0.25) is 0 Å². The molecule has 114 valence electrons. The van der Waals surface area contributed by atoms with Gasteiger partial charge < -0.3 is 5.32 Å². The van der Waals surface area contributed by atoms with E-state index >= 15 is 0 Å². The third kappa shape index (κ3) is 6.32. The number of nitrogens with one attached hydrogen (secondary N) is 1. The SMILES string of the molecule is CCCNC(CSCCC(C)C)c1ccc(C)c(C)c1. The van der Waals surface area contributed by atoms with Gasteiger partial charge in [-0.2, -0.15) is 11.8 Å². The highest BCUT2D eigenvalue weighted by Crippen LogP contribution is 2.22. The molecule has 0 bridgehead atoms. The van der Waals surface area contributed by atoms with Gasteiger partial charge in [-0.05, 0) is 61.6 Å². The highest BCUT2D eigenvalue weighted by molar-refractivity contribution is 7.99. The highest BCUT2D eigenvalue weighted by atomic mass is 32.2. The third-order valence-corrected chi connectivity index (χ3v) is 4.79. The number of rotatable bonds is 9. The first-order chi connectivity index (χ1) is 9.54. The van der Waals surface area contributed by atoms with Crippen LogP contribution in [0.3, 0.4) is 0 Å². The third-order valence-electron chi connectivity index (χ3n) is 3.70. The summed E-state index contributed by atoms with van der Waals surface area (Å²) in [7, 11) is 0. The molecule has 1 rings (SSSR count). The second-order valence-electron chi connectivity index (χ2n) is 6.11. The van der Waals surface area contributed by atoms with Crippen LogP contribution < -0.4 is 5.32 Å². The van der Waals surface area contributed by atoms with Crippen molar-refractivity contribution >= 4 is 11.8 Å². The van der Waals surface area contributed by atoms with Crippen LogP contribution in [0.1, 0.15) is 56.3 Å². The number of hydrogen-bond donors (Lipinski definition) is 1. The Balaban J connectivity index is 2.60. The van der Waals surface area contributed by atoms with Crippen molar-refractivity contribution in [1.82, 2.24) is 5.32 Å². The van der Waals surface area contributed by atoms with Gasteiger partial charge in [0.1, 0.15) is 0 Å². The van der Waals surface area contributed by atoms with Gasteiger partial charge in [-0.15, -0.1) is 0 Å². The van der Waals surface area contributed by atoms with E-state index in [9.17, 15) is 0 Å². The highest BCUT2D eigenvalue weighted by Gasteiger charge is 2.11. The summed E-state index contributed by atoms with van der Waals surface area (Å²) in [5, 5.41) is 3.70. The zero-order valence-corrected chi connectivity index (χ0v) is 14.6. The minimum Gasteiger partial charge on any atom is -0.309 e. The first-order valence-corrected chi connectivity index (χ1v) is 9.08. The van der Waals surface area contributed by atoms with Crippen LogP contribution >= 0.6 is 11.8 Å². The molecule has 0 aliphatic rings. The Morgan fingerprint density at radius 2 is 1.90 bits per heavy atom. The molecule has 1 unspecified atom stereocenters. The van der Waals surface area contributed by atoms with Gasteiger partial charge in [-0.25, -0.2) is 0 Å². The lowest BCUT2D eigenvalue weighted by Gasteiger charge is -2.20. The van der Waals surface area contributed by atoms with Gasteiger partial charge in [0.15, 0.2) is 0 Å². The summed E-state index contributed by atoms with van der Waals surface area (Å²) in [6.07, 6.45) is 2.51. The first kappa shape index (κ1) is 17.6. The second kappa shape index (κ2) is 9.46. The predicted octanol–water partition coefficient (Wildman–Crippen LogP) is 5.12. The van der Waals surface area contributed by atoms with Gasteiger partial charge in [0, 0.05) is 11.8 Å². The first-order valence-electron chi connectivity index (χ1n) is 7.92. The summed E-state index contributed by atoms with van der Waals surface area (Å²) in [5.74, 6) is 3.26. The maximum absolute atomic E-state index is 3.70. The molecule has 0 saturated heterocycles. The molecule has 1 N–H and O–H groups in total. The molecule has 1 aromatic rings. The van der Waals surface area contributed by atoms with Crippen LogP contribution in [0, 0.1) is 19.8 Å². The second-order valence-corrected chi connectivity index (χ2v) is 7.26. The molecule has 20 heavy (non-hydrogen) atoms. The van der Waals surface area contributed by atoms with Crippen molar-refractivity contribution in [2.45, 2.75) is 53.5 Å². The van der Waals surface area contributed by atoms with E-state index in [2.05, 4.69) is 69.9 Å².